The average Bonchev–Trinajstić information content (AvgIpc) is 2.68. The number of aromatic nitrogens is 2. The molecule has 1 atom stereocenters. The van der Waals surface area contributed by atoms with Crippen LogP contribution in [-0.4, -0.2) is 15.1 Å². The van der Waals surface area contributed by atoms with Crippen molar-refractivity contribution in [2.45, 2.75) is 6.04 Å². The van der Waals surface area contributed by atoms with Crippen molar-refractivity contribution in [2.24, 2.45) is 0 Å². The van der Waals surface area contributed by atoms with E-state index in [0.717, 1.165) is 5.39 Å². The van der Waals surface area contributed by atoms with E-state index in [1.54, 1.807) is 48.8 Å². The third kappa shape index (κ3) is 2.95. The molecule has 0 saturated heterocycles. The Morgan fingerprint density at radius 3 is 2.42 bits per heavy atom. The second-order valence-electron chi connectivity index (χ2n) is 5.89. The molecule has 0 saturated carbocycles. The lowest BCUT2D eigenvalue weighted by Gasteiger charge is -2.22. The maximum absolute atomic E-state index is 14.5. The summed E-state index contributed by atoms with van der Waals surface area (Å²) in [6, 6.07) is 18.7. The Kier molecular flexibility index (Phi) is 4.19. The highest BCUT2D eigenvalue weighted by Gasteiger charge is 2.22. The number of hydrogen-bond donors (Lipinski definition) is 2. The lowest BCUT2D eigenvalue weighted by Crippen LogP contribution is -2.15. The van der Waals surface area contributed by atoms with Crippen molar-refractivity contribution in [1.82, 2.24) is 9.97 Å². The van der Waals surface area contributed by atoms with Gasteiger partial charge in [0, 0.05) is 28.9 Å². The lowest BCUT2D eigenvalue weighted by molar-refractivity contribution is 0.471. The van der Waals surface area contributed by atoms with Gasteiger partial charge in [-0.25, -0.2) is 9.37 Å². The molecule has 0 spiro atoms. The molecule has 26 heavy (non-hydrogen) atoms. The van der Waals surface area contributed by atoms with Crippen LogP contribution >= 0.6 is 0 Å². The molecule has 128 valence electrons. The van der Waals surface area contributed by atoms with Gasteiger partial charge in [0.05, 0.1) is 6.04 Å². The Hall–Kier alpha value is -3.47. The molecule has 0 aliphatic rings. The lowest BCUT2D eigenvalue weighted by atomic mass is 9.96. The number of anilines is 1. The zero-order valence-corrected chi connectivity index (χ0v) is 13.8. The van der Waals surface area contributed by atoms with E-state index in [0.29, 0.717) is 22.5 Å². The fourth-order valence-corrected chi connectivity index (χ4v) is 3.01. The predicted molar refractivity (Wildman–Crippen MR) is 99.5 cm³/mol. The Balaban J connectivity index is 1.88. The van der Waals surface area contributed by atoms with Gasteiger partial charge in [-0.05, 0) is 24.3 Å². The second-order valence-corrected chi connectivity index (χ2v) is 5.89. The van der Waals surface area contributed by atoms with Gasteiger partial charge in [0.2, 0.25) is 0 Å². The molecule has 4 rings (SSSR count). The van der Waals surface area contributed by atoms with Crippen molar-refractivity contribution in [3.05, 3.63) is 96.1 Å². The molecule has 0 aliphatic carbocycles. The molecule has 4 nitrogen and oxygen atoms in total. The fourth-order valence-electron chi connectivity index (χ4n) is 3.01. The van der Waals surface area contributed by atoms with E-state index in [9.17, 15) is 9.50 Å². The van der Waals surface area contributed by atoms with Gasteiger partial charge >= 0.3 is 0 Å². The average molecular weight is 345 g/mol. The topological polar surface area (TPSA) is 58.0 Å². The minimum atomic E-state index is -0.613. The summed E-state index contributed by atoms with van der Waals surface area (Å²) in [7, 11) is 0. The molecule has 0 radical (unpaired) electrons. The normalized spacial score (nSPS) is 12.0. The maximum atomic E-state index is 14.5. The van der Waals surface area contributed by atoms with Gasteiger partial charge in [-0.1, -0.05) is 42.5 Å². The number of halogens is 1. The summed E-state index contributed by atoms with van der Waals surface area (Å²) in [5, 5.41) is 14.8. The standard InChI is InChI=1S/C21H16FN3O/c22-17-8-2-1-7-15(17)20(25-18-9-3-4-12-23-18)16-11-10-14-6-5-13-24-19(14)21(16)26/h1-13,20,26H,(H,23,25)/t20-/m1/s1. The predicted octanol–water partition coefficient (Wildman–Crippen LogP) is 4.68. The highest BCUT2D eigenvalue weighted by atomic mass is 19.1. The Morgan fingerprint density at radius 2 is 1.62 bits per heavy atom. The summed E-state index contributed by atoms with van der Waals surface area (Å²) < 4.78 is 14.5. The first kappa shape index (κ1) is 16.0. The van der Waals surface area contributed by atoms with Crippen LogP contribution in [0.3, 0.4) is 0 Å². The van der Waals surface area contributed by atoms with Crippen molar-refractivity contribution >= 4 is 16.7 Å². The summed E-state index contributed by atoms with van der Waals surface area (Å²) >= 11 is 0. The number of nitrogens with one attached hydrogen (secondary N) is 1. The molecular formula is C21H16FN3O. The molecule has 0 unspecified atom stereocenters. The molecule has 2 heterocycles. The molecule has 5 heteroatoms. The van der Waals surface area contributed by atoms with Gasteiger partial charge in [0.15, 0.2) is 0 Å². The molecule has 2 aromatic carbocycles. The number of benzene rings is 2. The quantitative estimate of drug-likeness (QED) is 0.564. The zero-order valence-electron chi connectivity index (χ0n) is 13.8. The number of rotatable bonds is 4. The molecule has 0 fully saturated rings. The van der Waals surface area contributed by atoms with Crippen molar-refractivity contribution in [1.29, 1.82) is 0 Å². The summed E-state index contributed by atoms with van der Waals surface area (Å²) in [5.74, 6) is 0.252. The van der Waals surface area contributed by atoms with E-state index in [1.165, 1.54) is 6.07 Å². The van der Waals surface area contributed by atoms with E-state index in [2.05, 4.69) is 15.3 Å². The van der Waals surface area contributed by atoms with Gasteiger partial charge in [0.25, 0.3) is 0 Å². The summed E-state index contributed by atoms with van der Waals surface area (Å²) in [6.07, 6.45) is 3.28. The van der Waals surface area contributed by atoms with Gasteiger partial charge in [-0.3, -0.25) is 4.98 Å². The van der Waals surface area contributed by atoms with Gasteiger partial charge < -0.3 is 10.4 Å². The van der Waals surface area contributed by atoms with Crippen LogP contribution in [0.15, 0.2) is 79.1 Å². The summed E-state index contributed by atoms with van der Waals surface area (Å²) in [6.45, 7) is 0. The fraction of sp³-hybridized carbons (Fsp3) is 0.0476. The number of nitrogens with zero attached hydrogens (tertiary/aromatic N) is 2. The van der Waals surface area contributed by atoms with E-state index in [-0.39, 0.29) is 11.6 Å². The molecule has 4 aromatic rings. The maximum Gasteiger partial charge on any atom is 0.147 e. The van der Waals surface area contributed by atoms with Crippen LogP contribution in [0.1, 0.15) is 17.2 Å². The zero-order chi connectivity index (χ0) is 17.9. The number of pyridine rings is 2. The van der Waals surface area contributed by atoms with Crippen molar-refractivity contribution in [2.75, 3.05) is 5.32 Å². The summed E-state index contributed by atoms with van der Waals surface area (Å²) in [4.78, 5) is 8.52. The Labute approximate surface area is 150 Å². The van der Waals surface area contributed by atoms with Crippen molar-refractivity contribution in [3.63, 3.8) is 0 Å². The highest BCUT2D eigenvalue weighted by Crippen LogP contribution is 2.36. The first-order valence-electron chi connectivity index (χ1n) is 8.22. The van der Waals surface area contributed by atoms with E-state index in [4.69, 9.17) is 0 Å². The number of phenols is 1. The molecule has 2 N–H and O–H groups in total. The van der Waals surface area contributed by atoms with Crippen LogP contribution in [0.2, 0.25) is 0 Å². The summed E-state index contributed by atoms with van der Waals surface area (Å²) in [5.41, 5.74) is 1.44. The molecular weight excluding hydrogens is 329 g/mol. The number of aromatic hydroxyl groups is 1. The Bertz CT molecular complexity index is 1050. The molecule has 0 aliphatic heterocycles. The first-order valence-corrected chi connectivity index (χ1v) is 8.22. The van der Waals surface area contributed by atoms with E-state index in [1.807, 2.05) is 24.3 Å². The van der Waals surface area contributed by atoms with E-state index >= 15 is 0 Å². The van der Waals surface area contributed by atoms with E-state index < -0.39 is 6.04 Å². The monoisotopic (exact) mass is 345 g/mol. The van der Waals surface area contributed by atoms with Crippen molar-refractivity contribution in [3.8, 4) is 5.75 Å². The van der Waals surface area contributed by atoms with Crippen LogP contribution in [-0.2, 0) is 0 Å². The molecule has 2 aromatic heterocycles. The largest absolute Gasteiger partial charge is 0.505 e. The molecule has 0 bridgehead atoms. The van der Waals surface area contributed by atoms with Gasteiger partial charge in [0.1, 0.15) is 22.9 Å². The van der Waals surface area contributed by atoms with Crippen LogP contribution in [0.25, 0.3) is 10.9 Å². The van der Waals surface area contributed by atoms with Crippen molar-refractivity contribution < 1.29 is 9.50 Å². The van der Waals surface area contributed by atoms with Crippen LogP contribution in [0, 0.1) is 5.82 Å². The molecule has 0 amide bonds. The minimum absolute atomic E-state index is 0.0276. The van der Waals surface area contributed by atoms with Crippen LogP contribution < -0.4 is 5.32 Å². The van der Waals surface area contributed by atoms with Gasteiger partial charge in [-0.15, -0.1) is 0 Å². The first-order chi connectivity index (χ1) is 12.7. The van der Waals surface area contributed by atoms with Gasteiger partial charge in [-0.2, -0.15) is 0 Å². The van der Waals surface area contributed by atoms with Crippen LogP contribution in [0.5, 0.6) is 5.75 Å². The third-order valence-electron chi connectivity index (χ3n) is 4.26. The Morgan fingerprint density at radius 1 is 0.808 bits per heavy atom. The van der Waals surface area contributed by atoms with Crippen LogP contribution in [0.4, 0.5) is 10.2 Å². The SMILES string of the molecule is Oc1c([C@H](Nc2ccccn2)c2ccccc2F)ccc2cccnc12. The number of phenolic OH excluding ortho intramolecular Hbond substituents is 1. The smallest absolute Gasteiger partial charge is 0.147 e. The number of hydrogen-bond acceptors (Lipinski definition) is 4. The third-order valence-corrected chi connectivity index (χ3v) is 4.26. The minimum Gasteiger partial charge on any atom is -0.505 e. The number of fused-ring (bicyclic) bond motifs is 1. The highest BCUT2D eigenvalue weighted by molar-refractivity contribution is 5.86. The second kappa shape index (κ2) is 6.80.